The average Bonchev–Trinajstić information content (AvgIpc) is 2.10. The molecule has 0 radical (unpaired) electrons. The second-order valence-electron chi connectivity index (χ2n) is 2.74. The zero-order chi connectivity index (χ0) is 11.9. The summed E-state index contributed by atoms with van der Waals surface area (Å²) in [5.41, 5.74) is 0. The number of hydrogen-bond donors (Lipinski definition) is 2. The van der Waals surface area contributed by atoms with Crippen molar-refractivity contribution in [2.75, 3.05) is 13.7 Å². The van der Waals surface area contributed by atoms with E-state index in [1.807, 2.05) is 6.92 Å². The average molecular weight is 286 g/mol. The van der Waals surface area contributed by atoms with Gasteiger partial charge in [-0.25, -0.2) is 9.13 Å². The van der Waals surface area contributed by atoms with Gasteiger partial charge in [0.25, 0.3) is 0 Å². The number of unbranched alkanes of at least 4 members (excludes halogenated alkanes) is 2. The maximum atomic E-state index is 11.4. The molecule has 0 aromatic rings. The smallest absolute Gasteiger partial charge is 1.00 e. The molecule has 0 amide bonds. The van der Waals surface area contributed by atoms with Crippen molar-refractivity contribution in [1.82, 2.24) is 0 Å². The maximum absolute atomic E-state index is 11.4. The minimum Gasteiger partial charge on any atom is -1.00 e. The van der Waals surface area contributed by atoms with Gasteiger partial charge in [0, 0.05) is 7.11 Å². The predicted molar refractivity (Wildman–Crippen MR) is 54.3 cm³/mol. The first-order chi connectivity index (χ1) is 6.83. The Labute approximate surface area is 118 Å². The van der Waals surface area contributed by atoms with E-state index in [0.717, 1.165) is 20.0 Å². The van der Waals surface area contributed by atoms with Gasteiger partial charge in [0.1, 0.15) is 0 Å². The molecule has 1 unspecified atom stereocenters. The standard InChI is InChI=1S/C6H16O7P2.Na.H/c1-3-4-5-6-12-15(10,11-2)13-14(7,8)9;;/h3-6H2,1-2H3,(H2,7,8,9);;/q;+1;-1. The largest absolute Gasteiger partial charge is 1.00 e. The van der Waals surface area contributed by atoms with Crippen LogP contribution in [0, 0.1) is 0 Å². The van der Waals surface area contributed by atoms with Crippen LogP contribution in [0.3, 0.4) is 0 Å². The molecule has 0 heterocycles. The van der Waals surface area contributed by atoms with Gasteiger partial charge < -0.3 is 11.2 Å². The van der Waals surface area contributed by atoms with Crippen molar-refractivity contribution in [2.45, 2.75) is 26.2 Å². The molecule has 0 spiro atoms. The van der Waals surface area contributed by atoms with E-state index in [9.17, 15) is 9.13 Å². The fourth-order valence-corrected chi connectivity index (χ4v) is 2.72. The Bertz CT molecular complexity index is 271. The van der Waals surface area contributed by atoms with Crippen LogP contribution >= 0.6 is 15.6 Å². The Balaban J connectivity index is -0.000000980. The summed E-state index contributed by atoms with van der Waals surface area (Å²) in [4.78, 5) is 16.9. The zero-order valence-corrected chi connectivity index (χ0v) is 13.4. The summed E-state index contributed by atoms with van der Waals surface area (Å²) in [5, 5.41) is 0. The van der Waals surface area contributed by atoms with Gasteiger partial charge in [0.2, 0.25) is 0 Å². The third kappa shape index (κ3) is 10.4. The molecule has 0 rings (SSSR count). The fourth-order valence-electron chi connectivity index (χ4n) is 0.768. The van der Waals surface area contributed by atoms with Gasteiger partial charge in [-0.1, -0.05) is 19.8 Å². The molecule has 1 atom stereocenters. The van der Waals surface area contributed by atoms with Gasteiger partial charge in [-0.05, 0) is 6.42 Å². The van der Waals surface area contributed by atoms with E-state index in [1.165, 1.54) is 0 Å². The quantitative estimate of drug-likeness (QED) is 0.341. The van der Waals surface area contributed by atoms with Crippen molar-refractivity contribution in [3.8, 4) is 0 Å². The van der Waals surface area contributed by atoms with Crippen LogP contribution in [-0.2, 0) is 22.5 Å². The van der Waals surface area contributed by atoms with Crippen LogP contribution in [-0.4, -0.2) is 23.5 Å². The Kier molecular flexibility index (Phi) is 11.3. The first-order valence-corrected chi connectivity index (χ1v) is 7.39. The van der Waals surface area contributed by atoms with Crippen LogP contribution in [0.2, 0.25) is 0 Å². The maximum Gasteiger partial charge on any atom is 1.00 e. The third-order valence-electron chi connectivity index (χ3n) is 1.43. The van der Waals surface area contributed by atoms with E-state index in [0.29, 0.717) is 6.42 Å². The van der Waals surface area contributed by atoms with Gasteiger partial charge in [-0.15, -0.1) is 0 Å². The van der Waals surface area contributed by atoms with Crippen molar-refractivity contribution in [2.24, 2.45) is 0 Å². The van der Waals surface area contributed by atoms with Crippen molar-refractivity contribution < 1.29 is 63.3 Å². The monoisotopic (exact) mass is 286 g/mol. The number of phosphoric ester groups is 1. The fraction of sp³-hybridized carbons (Fsp3) is 1.00. The summed E-state index contributed by atoms with van der Waals surface area (Å²) in [6, 6.07) is 0. The Morgan fingerprint density at radius 3 is 2.19 bits per heavy atom. The summed E-state index contributed by atoms with van der Waals surface area (Å²) in [5.74, 6) is 0. The summed E-state index contributed by atoms with van der Waals surface area (Å²) in [6.07, 6.45) is 2.42. The van der Waals surface area contributed by atoms with Gasteiger partial charge in [0.05, 0.1) is 6.61 Å². The molecule has 7 nitrogen and oxygen atoms in total. The SMILES string of the molecule is CCCCCOP(=O)(OC)OP(=O)(O)O.[H-].[Na+]. The second kappa shape index (κ2) is 9.22. The number of phosphoric acid groups is 2. The molecule has 2 N–H and O–H groups in total. The van der Waals surface area contributed by atoms with Crippen LogP contribution in [0.4, 0.5) is 0 Å². The molecule has 0 bridgehead atoms. The summed E-state index contributed by atoms with van der Waals surface area (Å²) >= 11 is 0. The zero-order valence-electron chi connectivity index (χ0n) is 10.7. The van der Waals surface area contributed by atoms with Crippen LogP contribution < -0.4 is 29.6 Å². The Morgan fingerprint density at radius 2 is 1.81 bits per heavy atom. The van der Waals surface area contributed by atoms with Gasteiger partial charge in [-0.2, -0.15) is 4.31 Å². The number of rotatable bonds is 8. The third-order valence-corrected chi connectivity index (χ3v) is 4.02. The van der Waals surface area contributed by atoms with Crippen LogP contribution in [0.25, 0.3) is 0 Å². The minimum absolute atomic E-state index is 0. The molecule has 0 aromatic heterocycles. The van der Waals surface area contributed by atoms with Crippen LogP contribution in [0.5, 0.6) is 0 Å². The van der Waals surface area contributed by atoms with E-state index in [4.69, 9.17) is 9.79 Å². The molecule has 0 saturated heterocycles. The van der Waals surface area contributed by atoms with Crippen molar-refractivity contribution in [3.63, 3.8) is 0 Å². The van der Waals surface area contributed by atoms with Crippen molar-refractivity contribution in [3.05, 3.63) is 0 Å². The first kappa shape index (κ1) is 19.6. The van der Waals surface area contributed by atoms with Crippen LogP contribution in [0.15, 0.2) is 0 Å². The minimum atomic E-state index is -4.87. The normalized spacial score (nSPS) is 15.2. The molecule has 0 aromatic carbocycles. The summed E-state index contributed by atoms with van der Waals surface area (Å²) in [7, 11) is -8.00. The van der Waals surface area contributed by atoms with Crippen molar-refractivity contribution >= 4 is 15.6 Å². The van der Waals surface area contributed by atoms with Crippen molar-refractivity contribution in [1.29, 1.82) is 0 Å². The molecule has 0 aliphatic rings. The molecule has 0 fully saturated rings. The molecular formula is C6H17NaO7P2. The Hall–Kier alpha value is 1.26. The predicted octanol–water partition coefficient (Wildman–Crippen LogP) is -0.827. The topological polar surface area (TPSA) is 102 Å². The van der Waals surface area contributed by atoms with E-state index in [-0.39, 0.29) is 37.6 Å². The number of hydrogen-bond acceptors (Lipinski definition) is 5. The summed E-state index contributed by atoms with van der Waals surface area (Å²) < 4.78 is 34.8. The second-order valence-corrected chi connectivity index (χ2v) is 5.89. The van der Waals surface area contributed by atoms with Gasteiger partial charge in [0.15, 0.2) is 0 Å². The van der Waals surface area contributed by atoms with E-state index in [1.54, 1.807) is 0 Å². The van der Waals surface area contributed by atoms with E-state index in [2.05, 4.69) is 13.4 Å². The molecule has 16 heavy (non-hydrogen) atoms. The molecule has 0 saturated carbocycles. The van der Waals surface area contributed by atoms with E-state index >= 15 is 0 Å². The summed E-state index contributed by atoms with van der Waals surface area (Å²) in [6.45, 7) is 2.04. The molecule has 94 valence electrons. The first-order valence-electron chi connectivity index (χ1n) is 4.40. The Morgan fingerprint density at radius 1 is 1.25 bits per heavy atom. The molecule has 10 heteroatoms. The molecule has 0 aliphatic carbocycles. The van der Waals surface area contributed by atoms with Crippen LogP contribution in [0.1, 0.15) is 27.6 Å². The van der Waals surface area contributed by atoms with Gasteiger partial charge in [-0.3, -0.25) is 9.05 Å². The molecule has 0 aliphatic heterocycles. The molecular weight excluding hydrogens is 269 g/mol. The van der Waals surface area contributed by atoms with E-state index < -0.39 is 15.6 Å². The van der Waals surface area contributed by atoms with Gasteiger partial charge >= 0.3 is 45.2 Å².